The Labute approximate surface area is 196 Å². The van der Waals surface area contributed by atoms with Crippen molar-refractivity contribution in [3.8, 4) is 0 Å². The minimum absolute atomic E-state index is 0.0383. The molecule has 2 heterocycles. The third kappa shape index (κ3) is 4.73. The zero-order valence-electron chi connectivity index (χ0n) is 18.5. The molecule has 0 aliphatic heterocycles. The van der Waals surface area contributed by atoms with Crippen molar-refractivity contribution < 1.29 is 14.6 Å². The van der Waals surface area contributed by atoms with E-state index in [4.69, 9.17) is 0 Å². The summed E-state index contributed by atoms with van der Waals surface area (Å²) in [6, 6.07) is 10.2. The number of hydrogen-bond donors (Lipinski definition) is 1. The zero-order chi connectivity index (χ0) is 25.1. The normalized spacial score (nSPS) is 10.9. The molecule has 13 nitrogen and oxygen atoms in total. The molecule has 0 saturated carbocycles. The third-order valence-electron chi connectivity index (χ3n) is 5.48. The van der Waals surface area contributed by atoms with Gasteiger partial charge >= 0.3 is 0 Å². The summed E-state index contributed by atoms with van der Waals surface area (Å²) in [5.74, 6) is -0.457. The lowest BCUT2D eigenvalue weighted by molar-refractivity contribution is -0.385. The first-order chi connectivity index (χ1) is 16.8. The molecule has 0 aliphatic rings. The van der Waals surface area contributed by atoms with E-state index in [0.717, 1.165) is 0 Å². The first-order valence-electron chi connectivity index (χ1n) is 10.4. The number of carbonyl (C=O) groups is 1. The van der Waals surface area contributed by atoms with Gasteiger partial charge in [-0.25, -0.2) is 9.67 Å². The molecule has 13 heteroatoms. The van der Waals surface area contributed by atoms with E-state index in [9.17, 15) is 29.8 Å². The molecule has 0 unspecified atom stereocenters. The van der Waals surface area contributed by atoms with E-state index >= 15 is 0 Å². The lowest BCUT2D eigenvalue weighted by Crippen LogP contribution is -2.28. The number of nitrogens with one attached hydrogen (secondary N) is 1. The van der Waals surface area contributed by atoms with E-state index in [-0.39, 0.29) is 53.1 Å². The summed E-state index contributed by atoms with van der Waals surface area (Å²) in [6.07, 6.45) is 2.76. The molecule has 1 amide bonds. The van der Waals surface area contributed by atoms with Crippen LogP contribution in [0.15, 0.2) is 59.8 Å². The summed E-state index contributed by atoms with van der Waals surface area (Å²) in [7, 11) is 0. The summed E-state index contributed by atoms with van der Waals surface area (Å²) >= 11 is 0. The molecule has 4 aromatic rings. The number of carbonyl (C=O) groups excluding carboxylic acids is 1. The maximum Gasteiger partial charge on any atom is 0.273 e. The second-order valence-electron chi connectivity index (χ2n) is 7.67. The first kappa shape index (κ1) is 23.2. The molecule has 0 fully saturated rings. The monoisotopic (exact) mass is 477 g/mol. The molecule has 0 saturated heterocycles. The van der Waals surface area contributed by atoms with Crippen LogP contribution in [-0.2, 0) is 13.1 Å². The summed E-state index contributed by atoms with van der Waals surface area (Å²) < 4.78 is 2.86. The van der Waals surface area contributed by atoms with Crippen molar-refractivity contribution in [3.05, 3.63) is 102 Å². The van der Waals surface area contributed by atoms with Crippen LogP contribution in [0.25, 0.3) is 11.0 Å². The largest absolute Gasteiger partial charge is 0.350 e. The minimum Gasteiger partial charge on any atom is -0.350 e. The number of rotatable bonds is 8. The van der Waals surface area contributed by atoms with E-state index < -0.39 is 15.8 Å². The Morgan fingerprint density at radius 2 is 1.83 bits per heavy atom. The van der Waals surface area contributed by atoms with Gasteiger partial charge in [-0.2, -0.15) is 5.10 Å². The van der Waals surface area contributed by atoms with Gasteiger partial charge in [-0.3, -0.25) is 34.4 Å². The second kappa shape index (κ2) is 9.51. The van der Waals surface area contributed by atoms with Gasteiger partial charge in [0, 0.05) is 35.9 Å². The van der Waals surface area contributed by atoms with E-state index in [0.29, 0.717) is 11.2 Å². The molecule has 178 valence electrons. The van der Waals surface area contributed by atoms with E-state index in [2.05, 4.69) is 15.4 Å². The van der Waals surface area contributed by atoms with Gasteiger partial charge in [0.1, 0.15) is 11.7 Å². The molecule has 0 radical (unpaired) electrons. The highest BCUT2D eigenvalue weighted by Gasteiger charge is 2.18. The predicted molar refractivity (Wildman–Crippen MR) is 124 cm³/mol. The Kier molecular flexibility index (Phi) is 6.31. The molecule has 0 aliphatic carbocycles. The smallest absolute Gasteiger partial charge is 0.273 e. The van der Waals surface area contributed by atoms with Crippen molar-refractivity contribution in [3.63, 3.8) is 0 Å². The number of nitro groups is 2. The Morgan fingerprint density at radius 3 is 2.51 bits per heavy atom. The van der Waals surface area contributed by atoms with Crippen molar-refractivity contribution in [1.82, 2.24) is 24.6 Å². The Bertz CT molecular complexity index is 1510. The minimum atomic E-state index is -0.540. The van der Waals surface area contributed by atoms with Gasteiger partial charge in [-0.05, 0) is 18.6 Å². The van der Waals surface area contributed by atoms with Gasteiger partial charge < -0.3 is 5.32 Å². The van der Waals surface area contributed by atoms with Gasteiger partial charge in [0.05, 0.1) is 29.1 Å². The van der Waals surface area contributed by atoms with Gasteiger partial charge in [0.25, 0.3) is 22.8 Å². The van der Waals surface area contributed by atoms with Crippen LogP contribution in [0.3, 0.4) is 0 Å². The number of aromatic nitrogens is 4. The van der Waals surface area contributed by atoms with Crippen molar-refractivity contribution in [2.45, 2.75) is 20.0 Å². The van der Waals surface area contributed by atoms with Crippen molar-refractivity contribution in [1.29, 1.82) is 0 Å². The number of nitrogens with zero attached hydrogens (tertiary/aromatic N) is 6. The topological polar surface area (TPSA) is 168 Å². The number of hydrogen-bond acceptors (Lipinski definition) is 8. The Hall–Kier alpha value is -4.94. The standard InChI is InChI=1S/C22H19N7O6/c1-14-17(3-2-4-19(14)29(34)35)21(30)23-9-10-27-20-18(11-25-27)22(31)26(13-24-20)12-15-5-7-16(8-6-15)28(32)33/h2-8,11,13H,9-10,12H2,1H3,(H,23,30). The summed E-state index contributed by atoms with van der Waals surface area (Å²) in [6.45, 7) is 2.08. The molecule has 1 N–H and O–H groups in total. The SMILES string of the molecule is Cc1c(C(=O)NCCn2ncc3c(=O)n(Cc4ccc([N+](=O)[O-])cc4)cnc32)cccc1[N+](=O)[O-]. The van der Waals surface area contributed by atoms with Crippen LogP contribution in [0.4, 0.5) is 11.4 Å². The van der Waals surface area contributed by atoms with Crippen LogP contribution in [0.1, 0.15) is 21.5 Å². The number of non-ortho nitro benzene ring substituents is 1. The highest BCUT2D eigenvalue weighted by Crippen LogP contribution is 2.21. The number of amides is 1. The molecular weight excluding hydrogens is 458 g/mol. The fourth-order valence-electron chi connectivity index (χ4n) is 3.63. The van der Waals surface area contributed by atoms with Crippen LogP contribution >= 0.6 is 0 Å². The Balaban J connectivity index is 1.45. The zero-order valence-corrected chi connectivity index (χ0v) is 18.5. The highest BCUT2D eigenvalue weighted by molar-refractivity contribution is 5.96. The molecule has 2 aromatic carbocycles. The summed E-state index contributed by atoms with van der Waals surface area (Å²) in [5, 5.41) is 29.1. The molecule has 0 atom stereocenters. The fourth-order valence-corrected chi connectivity index (χ4v) is 3.63. The summed E-state index contributed by atoms with van der Waals surface area (Å²) in [4.78, 5) is 50.5. The maximum atomic E-state index is 12.8. The van der Waals surface area contributed by atoms with Gasteiger partial charge in [-0.1, -0.05) is 18.2 Å². The van der Waals surface area contributed by atoms with Crippen LogP contribution in [0.2, 0.25) is 0 Å². The lowest BCUT2D eigenvalue weighted by Gasteiger charge is -2.09. The highest BCUT2D eigenvalue weighted by atomic mass is 16.6. The number of benzene rings is 2. The van der Waals surface area contributed by atoms with Crippen LogP contribution < -0.4 is 10.9 Å². The lowest BCUT2D eigenvalue weighted by atomic mass is 10.1. The third-order valence-corrected chi connectivity index (χ3v) is 5.48. The maximum absolute atomic E-state index is 12.8. The molecular formula is C22H19N7O6. The quantitative estimate of drug-likeness (QED) is 0.297. The van der Waals surface area contributed by atoms with Crippen LogP contribution in [0.5, 0.6) is 0 Å². The van der Waals surface area contributed by atoms with Gasteiger partial charge in [0.15, 0.2) is 5.65 Å². The summed E-state index contributed by atoms with van der Waals surface area (Å²) in [5.41, 5.74) is 1.03. The van der Waals surface area contributed by atoms with E-state index in [1.807, 2.05) is 0 Å². The van der Waals surface area contributed by atoms with E-state index in [1.54, 1.807) is 12.1 Å². The molecule has 4 rings (SSSR count). The van der Waals surface area contributed by atoms with Crippen molar-refractivity contribution >= 4 is 28.3 Å². The average Bonchev–Trinajstić information content (AvgIpc) is 3.24. The van der Waals surface area contributed by atoms with Crippen LogP contribution in [-0.4, -0.2) is 41.6 Å². The van der Waals surface area contributed by atoms with Crippen molar-refractivity contribution in [2.24, 2.45) is 0 Å². The fraction of sp³-hybridized carbons (Fsp3) is 0.182. The molecule has 2 aromatic heterocycles. The van der Waals surface area contributed by atoms with Gasteiger partial charge in [0.2, 0.25) is 0 Å². The Morgan fingerprint density at radius 1 is 1.09 bits per heavy atom. The molecule has 35 heavy (non-hydrogen) atoms. The first-order valence-corrected chi connectivity index (χ1v) is 10.4. The van der Waals surface area contributed by atoms with Crippen LogP contribution in [0, 0.1) is 27.2 Å². The average molecular weight is 477 g/mol. The van der Waals surface area contributed by atoms with E-state index in [1.165, 1.54) is 59.0 Å². The molecule has 0 spiro atoms. The number of fused-ring (bicyclic) bond motifs is 1. The second-order valence-corrected chi connectivity index (χ2v) is 7.67. The number of nitro benzene ring substituents is 2. The predicted octanol–water partition coefficient (Wildman–Crippen LogP) is 2.20. The van der Waals surface area contributed by atoms with Crippen molar-refractivity contribution in [2.75, 3.05) is 6.54 Å². The van der Waals surface area contributed by atoms with Gasteiger partial charge in [-0.15, -0.1) is 0 Å². The molecule has 0 bridgehead atoms.